The molecule has 0 aromatic heterocycles. The molecule has 17 unspecified atom stereocenters. The monoisotopic (exact) mass is 572 g/mol. The lowest BCUT2D eigenvalue weighted by molar-refractivity contribution is -0.137. The first-order chi connectivity index (χ1) is 19.6. The molecule has 4 heterocycles. The molecule has 5 aliphatic rings. The van der Waals surface area contributed by atoms with Crippen LogP contribution in [0.4, 0.5) is 0 Å². The Morgan fingerprint density at radius 1 is 0.756 bits per heavy atom. The summed E-state index contributed by atoms with van der Waals surface area (Å²) in [7, 11) is 0. The number of nitrogens with one attached hydrogen (secondary N) is 4. The Balaban J connectivity index is 1.49. The molecule has 4 aliphatic heterocycles. The number of aliphatic hydroxyl groups is 1. The van der Waals surface area contributed by atoms with Crippen LogP contribution >= 0.6 is 0 Å². The zero-order chi connectivity index (χ0) is 29.6. The lowest BCUT2D eigenvalue weighted by Crippen LogP contribution is -2.52. The Bertz CT molecular complexity index is 916. The van der Waals surface area contributed by atoms with Crippen LogP contribution in [0, 0.1) is 47.3 Å². The molecule has 17 atom stereocenters. The lowest BCUT2D eigenvalue weighted by atomic mass is 9.76. The van der Waals surface area contributed by atoms with Gasteiger partial charge in [-0.15, -0.1) is 6.58 Å². The number of fused-ring (bicyclic) bond motifs is 8. The van der Waals surface area contributed by atoms with Crippen LogP contribution < -0.4 is 21.3 Å². The molecule has 0 aromatic carbocycles. The van der Waals surface area contributed by atoms with Gasteiger partial charge in [-0.2, -0.15) is 0 Å². The third-order valence-corrected chi connectivity index (χ3v) is 13.0. The summed E-state index contributed by atoms with van der Waals surface area (Å²) >= 11 is 0. The van der Waals surface area contributed by atoms with E-state index in [9.17, 15) is 15.0 Å². The molecule has 0 aromatic rings. The van der Waals surface area contributed by atoms with E-state index < -0.39 is 5.97 Å². The molecule has 4 saturated heterocycles. The third kappa shape index (κ3) is 6.05. The summed E-state index contributed by atoms with van der Waals surface area (Å²) < 4.78 is 0. The summed E-state index contributed by atoms with van der Waals surface area (Å²) in [5.41, 5.74) is 0. The highest BCUT2D eigenvalue weighted by molar-refractivity contribution is 5.66. The van der Waals surface area contributed by atoms with E-state index in [1.165, 1.54) is 6.42 Å². The smallest absolute Gasteiger partial charge is 0.303 e. The standard InChI is InChI=1S/C34H60N4O3/c1-8-21-18(5)27-16-30-22(9-2)19(6)26(37-30)15-28-20(7)24(11-12-32(40)41)34(38-28)25-14-31(39)23(10-3)33(25)35-17(4)13-29(21)36-27/h9,17-31,33-39H,2,8,10-16H2,1,3-7H3,(H,40,41). The van der Waals surface area contributed by atoms with Crippen LogP contribution in [0.3, 0.4) is 0 Å². The van der Waals surface area contributed by atoms with Gasteiger partial charge in [-0.05, 0) is 86.9 Å². The van der Waals surface area contributed by atoms with Crippen molar-refractivity contribution in [3.8, 4) is 0 Å². The largest absolute Gasteiger partial charge is 0.481 e. The van der Waals surface area contributed by atoms with E-state index in [4.69, 9.17) is 0 Å². The van der Waals surface area contributed by atoms with Gasteiger partial charge in [-0.3, -0.25) is 4.79 Å². The number of carboxylic acid groups (broad SMARTS) is 1. The van der Waals surface area contributed by atoms with Gasteiger partial charge in [-0.1, -0.05) is 47.1 Å². The summed E-state index contributed by atoms with van der Waals surface area (Å²) in [4.78, 5) is 11.7. The minimum Gasteiger partial charge on any atom is -0.481 e. The third-order valence-electron chi connectivity index (χ3n) is 13.0. The van der Waals surface area contributed by atoms with Crippen LogP contribution in [0.15, 0.2) is 12.7 Å². The fraction of sp³-hybridized carbons (Fsp3) is 0.912. The van der Waals surface area contributed by atoms with E-state index in [1.807, 2.05) is 0 Å². The summed E-state index contributed by atoms with van der Waals surface area (Å²) in [6.07, 6.45) is 9.04. The van der Waals surface area contributed by atoms with Gasteiger partial charge < -0.3 is 31.5 Å². The first kappa shape index (κ1) is 31.4. The fourth-order valence-electron chi connectivity index (χ4n) is 10.7. The van der Waals surface area contributed by atoms with Gasteiger partial charge >= 0.3 is 5.97 Å². The summed E-state index contributed by atoms with van der Waals surface area (Å²) in [6.45, 7) is 18.4. The molecule has 7 nitrogen and oxygen atoms in total. The highest BCUT2D eigenvalue weighted by atomic mass is 16.4. The first-order valence-electron chi connectivity index (χ1n) is 17.1. The van der Waals surface area contributed by atoms with Crippen LogP contribution in [0.5, 0.6) is 0 Å². The fourth-order valence-corrected chi connectivity index (χ4v) is 10.7. The van der Waals surface area contributed by atoms with E-state index in [0.717, 1.165) is 32.1 Å². The van der Waals surface area contributed by atoms with Gasteiger partial charge in [0.2, 0.25) is 0 Å². The van der Waals surface area contributed by atoms with Crippen molar-refractivity contribution in [1.29, 1.82) is 0 Å². The summed E-state index contributed by atoms with van der Waals surface area (Å²) in [6, 6.07) is 2.99. The Morgan fingerprint density at radius 3 is 2.00 bits per heavy atom. The molecule has 5 fully saturated rings. The van der Waals surface area contributed by atoms with Crippen molar-refractivity contribution >= 4 is 5.97 Å². The average Bonchev–Trinajstić information content (AvgIpc) is 3.59. The highest BCUT2D eigenvalue weighted by Crippen LogP contribution is 2.46. The quantitative estimate of drug-likeness (QED) is 0.266. The molecule has 6 bridgehead atoms. The number of hydrogen-bond donors (Lipinski definition) is 6. The molecule has 1 aliphatic carbocycles. The molecule has 234 valence electrons. The van der Waals surface area contributed by atoms with Crippen LogP contribution in [-0.2, 0) is 4.79 Å². The number of carbonyl (C=O) groups is 1. The predicted octanol–water partition coefficient (Wildman–Crippen LogP) is 4.16. The molecule has 1 saturated carbocycles. The molecule has 0 amide bonds. The number of aliphatic hydroxyl groups excluding tert-OH is 1. The van der Waals surface area contributed by atoms with Crippen LogP contribution in [-0.4, -0.2) is 70.6 Å². The van der Waals surface area contributed by atoms with Crippen molar-refractivity contribution in [3.05, 3.63) is 12.7 Å². The average molecular weight is 573 g/mol. The van der Waals surface area contributed by atoms with Crippen molar-refractivity contribution in [2.75, 3.05) is 0 Å². The molecule has 41 heavy (non-hydrogen) atoms. The van der Waals surface area contributed by atoms with E-state index in [2.05, 4.69) is 75.5 Å². The Kier molecular flexibility index (Phi) is 9.92. The number of aliphatic carboxylic acids is 1. The van der Waals surface area contributed by atoms with Gasteiger partial charge in [0.15, 0.2) is 0 Å². The van der Waals surface area contributed by atoms with Gasteiger partial charge in [0.1, 0.15) is 0 Å². The van der Waals surface area contributed by atoms with Crippen LogP contribution in [0.1, 0.15) is 92.9 Å². The normalized spacial score (nSPS) is 51.9. The Morgan fingerprint density at radius 2 is 1.34 bits per heavy atom. The van der Waals surface area contributed by atoms with Crippen LogP contribution in [0.25, 0.3) is 0 Å². The van der Waals surface area contributed by atoms with Gasteiger partial charge in [0.05, 0.1) is 6.10 Å². The van der Waals surface area contributed by atoms with Crippen molar-refractivity contribution < 1.29 is 15.0 Å². The Hall–Kier alpha value is -0.990. The lowest BCUT2D eigenvalue weighted by Gasteiger charge is -2.36. The minimum atomic E-state index is -0.705. The van der Waals surface area contributed by atoms with Crippen molar-refractivity contribution in [1.82, 2.24) is 21.3 Å². The van der Waals surface area contributed by atoms with Gasteiger partial charge in [-0.25, -0.2) is 0 Å². The van der Waals surface area contributed by atoms with Crippen molar-refractivity contribution in [3.63, 3.8) is 0 Å². The molecule has 0 radical (unpaired) electrons. The minimum absolute atomic E-state index is 0.213. The SMILES string of the molecule is C=CC1C2CC3NC(CC(C)NC4C(CC)C(O)CC4C4NC(CC(N2)C1C)C(C)C4CCC(=O)O)C(CC)C3C. The van der Waals surface area contributed by atoms with Gasteiger partial charge in [0.25, 0.3) is 0 Å². The summed E-state index contributed by atoms with van der Waals surface area (Å²) in [5.74, 6) is 2.80. The van der Waals surface area contributed by atoms with E-state index >= 15 is 0 Å². The van der Waals surface area contributed by atoms with Gasteiger partial charge in [0, 0.05) is 60.7 Å². The zero-order valence-corrected chi connectivity index (χ0v) is 26.6. The van der Waals surface area contributed by atoms with Crippen molar-refractivity contribution in [2.45, 2.75) is 147 Å². The number of carboxylic acids is 1. The second-order valence-electron chi connectivity index (χ2n) is 15.0. The second kappa shape index (κ2) is 12.9. The second-order valence-corrected chi connectivity index (χ2v) is 15.0. The molecule has 7 heteroatoms. The zero-order valence-electron chi connectivity index (χ0n) is 26.6. The number of rotatable bonds is 6. The van der Waals surface area contributed by atoms with E-state index in [1.54, 1.807) is 0 Å². The van der Waals surface area contributed by atoms with E-state index in [-0.39, 0.29) is 30.5 Å². The number of hydrogen-bond acceptors (Lipinski definition) is 6. The molecule has 6 N–H and O–H groups in total. The first-order valence-corrected chi connectivity index (χ1v) is 17.1. The summed E-state index contributed by atoms with van der Waals surface area (Å²) in [5, 5.41) is 37.4. The molecule has 5 rings (SSSR count). The maximum atomic E-state index is 11.7. The molecular formula is C34H60N4O3. The maximum absolute atomic E-state index is 11.7. The highest BCUT2D eigenvalue weighted by Gasteiger charge is 2.53. The molecule has 0 spiro atoms. The topological polar surface area (TPSA) is 106 Å². The maximum Gasteiger partial charge on any atom is 0.303 e. The van der Waals surface area contributed by atoms with Crippen LogP contribution in [0.2, 0.25) is 0 Å². The molecular weight excluding hydrogens is 512 g/mol. The Labute approximate surface area is 249 Å². The van der Waals surface area contributed by atoms with Crippen molar-refractivity contribution in [2.24, 2.45) is 47.3 Å². The van der Waals surface area contributed by atoms with E-state index in [0.29, 0.717) is 84.1 Å². The predicted molar refractivity (Wildman–Crippen MR) is 166 cm³/mol.